The van der Waals surface area contributed by atoms with E-state index in [0.29, 0.717) is 23.3 Å². The lowest BCUT2D eigenvalue weighted by Crippen LogP contribution is -2.12. The molecular weight excluding hydrogens is 239 g/mol. The van der Waals surface area contributed by atoms with Gasteiger partial charge in [0.2, 0.25) is 5.91 Å². The Balaban J connectivity index is 3.31. The largest absolute Gasteiger partial charge is 0.366 e. The van der Waals surface area contributed by atoms with Crippen LogP contribution < -0.4 is 5.73 Å². The number of primary amides is 1. The minimum atomic E-state index is -0.702. The highest BCUT2D eigenvalue weighted by Gasteiger charge is 2.11. The summed E-state index contributed by atoms with van der Waals surface area (Å²) in [5.74, 6) is -1.26. The van der Waals surface area contributed by atoms with Crippen molar-refractivity contribution in [3.8, 4) is 0 Å². The first-order valence-electron chi connectivity index (χ1n) is 5.02. The van der Waals surface area contributed by atoms with E-state index in [4.69, 9.17) is 11.1 Å². The lowest BCUT2D eigenvalue weighted by atomic mass is 9.99. The van der Waals surface area contributed by atoms with Gasteiger partial charge in [-0.15, -0.1) is 0 Å². The Morgan fingerprint density at radius 1 is 1.47 bits per heavy atom. The average Bonchev–Trinajstić information content (AvgIpc) is 2.28. The molecule has 0 heterocycles. The topological polar surface area (TPSA) is 66.9 Å². The lowest BCUT2D eigenvalue weighted by molar-refractivity contribution is 0.1000. The molecule has 3 N–H and O–H groups in total. The molecule has 0 aromatic heterocycles. The van der Waals surface area contributed by atoms with Gasteiger partial charge in [-0.2, -0.15) is 12.6 Å². The van der Waals surface area contributed by atoms with E-state index in [1.165, 1.54) is 17.5 Å². The van der Waals surface area contributed by atoms with Gasteiger partial charge in [-0.3, -0.25) is 4.79 Å². The molecule has 0 saturated heterocycles. The molecule has 0 bridgehead atoms. The molecular formula is C12H13FN2OS. The molecule has 0 saturated carbocycles. The van der Waals surface area contributed by atoms with Crippen LogP contribution in [0.15, 0.2) is 23.6 Å². The van der Waals surface area contributed by atoms with Crippen molar-refractivity contribution in [2.24, 2.45) is 5.73 Å². The van der Waals surface area contributed by atoms with Gasteiger partial charge in [-0.1, -0.05) is 6.92 Å². The van der Waals surface area contributed by atoms with E-state index in [1.807, 2.05) is 6.92 Å². The second-order valence-corrected chi connectivity index (χ2v) is 3.73. The first-order valence-corrected chi connectivity index (χ1v) is 5.54. The molecule has 0 aliphatic heterocycles. The van der Waals surface area contributed by atoms with Crippen LogP contribution in [0.3, 0.4) is 0 Å². The molecule has 1 aromatic rings. The number of nitrogens with two attached hydrogens (primary N) is 1. The Hall–Kier alpha value is -1.62. The van der Waals surface area contributed by atoms with Crippen molar-refractivity contribution in [2.75, 3.05) is 0 Å². The summed E-state index contributed by atoms with van der Waals surface area (Å²) in [6.07, 6.45) is 0.495. The molecule has 0 fully saturated rings. The SMILES string of the molecule is CCC(=N)/C(=C\S)c1cc(F)cc(C(N)=O)c1. The number of benzene rings is 1. The Labute approximate surface area is 104 Å². The molecule has 1 rings (SSSR count). The first kappa shape index (κ1) is 13.4. The number of allylic oxidation sites excluding steroid dienone is 1. The normalized spacial score (nSPS) is 11.4. The van der Waals surface area contributed by atoms with E-state index < -0.39 is 11.7 Å². The number of hydrogen-bond donors (Lipinski definition) is 3. The molecule has 17 heavy (non-hydrogen) atoms. The third kappa shape index (κ3) is 3.17. The zero-order valence-electron chi connectivity index (χ0n) is 9.33. The summed E-state index contributed by atoms with van der Waals surface area (Å²) in [6, 6.07) is 3.77. The van der Waals surface area contributed by atoms with Gasteiger partial charge in [0.15, 0.2) is 0 Å². The van der Waals surface area contributed by atoms with E-state index in [-0.39, 0.29) is 5.56 Å². The zero-order chi connectivity index (χ0) is 13.0. The summed E-state index contributed by atoms with van der Waals surface area (Å²) in [4.78, 5) is 11.0. The predicted molar refractivity (Wildman–Crippen MR) is 69.9 cm³/mol. The van der Waals surface area contributed by atoms with Crippen LogP contribution in [0.5, 0.6) is 0 Å². The second-order valence-electron chi connectivity index (χ2n) is 3.47. The quantitative estimate of drug-likeness (QED) is 0.559. The summed E-state index contributed by atoms with van der Waals surface area (Å²) in [6.45, 7) is 1.81. The van der Waals surface area contributed by atoms with E-state index in [1.54, 1.807) is 0 Å². The van der Waals surface area contributed by atoms with Crippen molar-refractivity contribution in [1.82, 2.24) is 0 Å². The molecule has 0 radical (unpaired) electrons. The minimum Gasteiger partial charge on any atom is -0.366 e. The molecule has 0 aliphatic carbocycles. The van der Waals surface area contributed by atoms with Crippen LogP contribution in [0, 0.1) is 11.2 Å². The summed E-state index contributed by atoms with van der Waals surface area (Å²) in [5, 5.41) is 9.15. The van der Waals surface area contributed by atoms with Gasteiger partial charge < -0.3 is 11.1 Å². The van der Waals surface area contributed by atoms with E-state index >= 15 is 0 Å². The zero-order valence-corrected chi connectivity index (χ0v) is 10.2. The highest BCUT2D eigenvalue weighted by Crippen LogP contribution is 2.21. The number of carbonyl (C=O) groups is 1. The fourth-order valence-electron chi connectivity index (χ4n) is 1.40. The Kier molecular flexibility index (Phi) is 4.45. The van der Waals surface area contributed by atoms with Crippen LogP contribution in [-0.4, -0.2) is 11.6 Å². The molecule has 90 valence electrons. The number of thiol groups is 1. The lowest BCUT2D eigenvalue weighted by Gasteiger charge is -2.08. The van der Waals surface area contributed by atoms with Crippen LogP contribution in [0.1, 0.15) is 29.3 Å². The fourth-order valence-corrected chi connectivity index (χ4v) is 1.71. The molecule has 3 nitrogen and oxygen atoms in total. The average molecular weight is 252 g/mol. The van der Waals surface area contributed by atoms with Crippen LogP contribution in [0.2, 0.25) is 0 Å². The minimum absolute atomic E-state index is 0.0802. The van der Waals surface area contributed by atoms with Crippen LogP contribution >= 0.6 is 12.6 Å². The van der Waals surface area contributed by atoms with E-state index in [2.05, 4.69) is 12.6 Å². The van der Waals surface area contributed by atoms with Gasteiger partial charge in [0.05, 0.1) is 0 Å². The van der Waals surface area contributed by atoms with Crippen molar-refractivity contribution in [3.05, 3.63) is 40.6 Å². The standard InChI is InChI=1S/C12H13FN2OS/c1-2-11(14)10(6-17)7-3-8(12(15)16)5-9(13)4-7/h3-6,14,17H,2H2,1H3,(H2,15,16)/b10-6-,14-11?. The monoisotopic (exact) mass is 252 g/mol. The number of hydrogen-bond acceptors (Lipinski definition) is 3. The van der Waals surface area contributed by atoms with Crippen molar-refractivity contribution < 1.29 is 9.18 Å². The summed E-state index contributed by atoms with van der Waals surface area (Å²) < 4.78 is 13.3. The van der Waals surface area contributed by atoms with Crippen LogP contribution in [0.25, 0.3) is 5.57 Å². The van der Waals surface area contributed by atoms with Gasteiger partial charge in [0, 0.05) is 16.8 Å². The Morgan fingerprint density at radius 2 is 2.06 bits per heavy atom. The summed E-state index contributed by atoms with van der Waals surface area (Å²) >= 11 is 4.00. The molecule has 0 atom stereocenters. The fraction of sp³-hybridized carbons (Fsp3) is 0.167. The highest BCUT2D eigenvalue weighted by atomic mass is 32.1. The molecule has 0 unspecified atom stereocenters. The first-order chi connectivity index (χ1) is 7.99. The number of rotatable bonds is 4. The third-order valence-electron chi connectivity index (χ3n) is 2.30. The Bertz CT molecular complexity index is 497. The third-order valence-corrected chi connectivity index (χ3v) is 2.56. The van der Waals surface area contributed by atoms with E-state index in [9.17, 15) is 9.18 Å². The maximum absolute atomic E-state index is 13.3. The van der Waals surface area contributed by atoms with Crippen molar-refractivity contribution in [3.63, 3.8) is 0 Å². The van der Waals surface area contributed by atoms with E-state index in [0.717, 1.165) is 6.07 Å². The molecule has 5 heteroatoms. The van der Waals surface area contributed by atoms with Gasteiger partial charge in [-0.25, -0.2) is 4.39 Å². The predicted octanol–water partition coefficient (Wildman–Crippen LogP) is 2.63. The summed E-state index contributed by atoms with van der Waals surface area (Å²) in [7, 11) is 0. The smallest absolute Gasteiger partial charge is 0.248 e. The van der Waals surface area contributed by atoms with Gasteiger partial charge in [0.1, 0.15) is 5.82 Å². The maximum atomic E-state index is 13.3. The maximum Gasteiger partial charge on any atom is 0.248 e. The molecule has 1 aromatic carbocycles. The Morgan fingerprint density at radius 3 is 2.53 bits per heavy atom. The van der Waals surface area contributed by atoms with Crippen LogP contribution in [0.4, 0.5) is 4.39 Å². The molecule has 0 aliphatic rings. The summed E-state index contributed by atoms with van der Waals surface area (Å²) in [5.41, 5.74) is 6.42. The number of amides is 1. The van der Waals surface area contributed by atoms with Gasteiger partial charge >= 0.3 is 0 Å². The number of carbonyl (C=O) groups excluding carboxylic acids is 1. The molecule has 0 spiro atoms. The second kappa shape index (κ2) is 5.63. The molecule has 1 amide bonds. The number of halogens is 1. The highest BCUT2D eigenvalue weighted by molar-refractivity contribution is 7.83. The van der Waals surface area contributed by atoms with Gasteiger partial charge in [0.25, 0.3) is 0 Å². The van der Waals surface area contributed by atoms with Crippen LogP contribution in [-0.2, 0) is 0 Å². The van der Waals surface area contributed by atoms with Crippen molar-refractivity contribution >= 4 is 29.8 Å². The van der Waals surface area contributed by atoms with Crippen molar-refractivity contribution in [2.45, 2.75) is 13.3 Å². The van der Waals surface area contributed by atoms with Crippen molar-refractivity contribution in [1.29, 1.82) is 5.41 Å². The van der Waals surface area contributed by atoms with Gasteiger partial charge in [-0.05, 0) is 35.6 Å². The number of nitrogens with one attached hydrogen (secondary N) is 1.